The summed E-state index contributed by atoms with van der Waals surface area (Å²) in [6.07, 6.45) is 3.37. The first-order valence-electron chi connectivity index (χ1n) is 8.91. The zero-order valence-electron chi connectivity index (χ0n) is 15.9. The number of benzene rings is 1. The lowest BCUT2D eigenvalue weighted by Gasteiger charge is -2.32. The molecule has 3 heterocycles. The molecule has 1 saturated heterocycles. The maximum Gasteiger partial charge on any atom is 0.495 e. The molecule has 0 bridgehead atoms. The van der Waals surface area contributed by atoms with E-state index in [1.54, 1.807) is 17.3 Å². The van der Waals surface area contributed by atoms with Crippen molar-refractivity contribution in [3.63, 3.8) is 0 Å². The molecule has 0 spiro atoms. The van der Waals surface area contributed by atoms with E-state index in [4.69, 9.17) is 9.31 Å². The van der Waals surface area contributed by atoms with Crippen LogP contribution < -0.4 is 10.4 Å². The van der Waals surface area contributed by atoms with Crippen molar-refractivity contribution in [2.75, 3.05) is 4.90 Å². The molecular formula is C20H23BN2O3. The molecule has 0 unspecified atom stereocenters. The zero-order chi connectivity index (χ0) is 18.7. The van der Waals surface area contributed by atoms with Crippen molar-refractivity contribution in [2.24, 2.45) is 0 Å². The molecule has 2 aromatic rings. The van der Waals surface area contributed by atoms with Crippen LogP contribution in [0.15, 0.2) is 36.7 Å². The highest BCUT2D eigenvalue weighted by molar-refractivity contribution is 6.62. The first kappa shape index (κ1) is 17.2. The minimum atomic E-state index is -0.443. The third kappa shape index (κ3) is 2.48. The number of pyridine rings is 1. The molecule has 4 rings (SSSR count). The first-order chi connectivity index (χ1) is 12.2. The summed E-state index contributed by atoms with van der Waals surface area (Å²) < 4.78 is 12.4. The Morgan fingerprint density at radius 3 is 2.46 bits per heavy atom. The van der Waals surface area contributed by atoms with Crippen LogP contribution in [0.5, 0.6) is 0 Å². The SMILES string of the molecule is Cc1c(B2OC(C)(C)C(C)(C)O2)cccc1N1Cc2ccncc2C1=O. The number of carbonyl (C=O) groups excluding carboxylic acids is 1. The van der Waals surface area contributed by atoms with Gasteiger partial charge in [-0.15, -0.1) is 0 Å². The second-order valence-electron chi connectivity index (χ2n) is 8.00. The van der Waals surface area contributed by atoms with Crippen molar-refractivity contribution in [1.29, 1.82) is 0 Å². The van der Waals surface area contributed by atoms with E-state index in [1.807, 2.05) is 58.9 Å². The molecule has 2 aliphatic rings. The van der Waals surface area contributed by atoms with E-state index in [-0.39, 0.29) is 5.91 Å². The van der Waals surface area contributed by atoms with Gasteiger partial charge >= 0.3 is 7.12 Å². The molecule has 1 aromatic carbocycles. The Morgan fingerprint density at radius 2 is 1.81 bits per heavy atom. The smallest absolute Gasteiger partial charge is 0.399 e. The molecular weight excluding hydrogens is 327 g/mol. The van der Waals surface area contributed by atoms with Crippen LogP contribution in [0, 0.1) is 6.92 Å². The fourth-order valence-corrected chi connectivity index (χ4v) is 3.49. The zero-order valence-corrected chi connectivity index (χ0v) is 15.9. The maximum atomic E-state index is 12.8. The summed E-state index contributed by atoms with van der Waals surface area (Å²) in [7, 11) is -0.443. The number of nitrogens with zero attached hydrogens (tertiary/aromatic N) is 2. The molecule has 6 heteroatoms. The average Bonchev–Trinajstić information content (AvgIpc) is 3.01. The second kappa shape index (κ2) is 5.66. The Labute approximate surface area is 154 Å². The predicted molar refractivity (Wildman–Crippen MR) is 102 cm³/mol. The van der Waals surface area contributed by atoms with Gasteiger partial charge in [-0.05, 0) is 63.3 Å². The molecule has 1 aromatic heterocycles. The molecule has 0 N–H and O–H groups in total. The quantitative estimate of drug-likeness (QED) is 0.782. The Bertz CT molecular complexity index is 878. The van der Waals surface area contributed by atoms with Crippen molar-refractivity contribution >= 4 is 24.2 Å². The van der Waals surface area contributed by atoms with E-state index < -0.39 is 18.3 Å². The molecule has 1 amide bonds. The summed E-state index contributed by atoms with van der Waals surface area (Å²) in [5.74, 6) is -0.0118. The number of rotatable bonds is 2. The molecule has 26 heavy (non-hydrogen) atoms. The van der Waals surface area contributed by atoms with Gasteiger partial charge in [0, 0.05) is 18.1 Å². The van der Waals surface area contributed by atoms with Gasteiger partial charge in [-0.25, -0.2) is 0 Å². The Kier molecular flexibility index (Phi) is 3.76. The largest absolute Gasteiger partial charge is 0.495 e. The Balaban J connectivity index is 1.70. The van der Waals surface area contributed by atoms with Crippen LogP contribution in [0.4, 0.5) is 5.69 Å². The van der Waals surface area contributed by atoms with Crippen molar-refractivity contribution in [2.45, 2.75) is 52.4 Å². The Morgan fingerprint density at radius 1 is 1.12 bits per heavy atom. The van der Waals surface area contributed by atoms with Crippen molar-refractivity contribution in [1.82, 2.24) is 4.98 Å². The van der Waals surface area contributed by atoms with Crippen LogP contribution in [-0.2, 0) is 15.9 Å². The highest BCUT2D eigenvalue weighted by Gasteiger charge is 2.52. The molecule has 0 saturated carbocycles. The normalized spacial score (nSPS) is 20.6. The monoisotopic (exact) mass is 350 g/mol. The number of amides is 1. The van der Waals surface area contributed by atoms with E-state index >= 15 is 0 Å². The van der Waals surface area contributed by atoms with Gasteiger partial charge in [-0.2, -0.15) is 0 Å². The van der Waals surface area contributed by atoms with E-state index in [0.717, 1.165) is 22.3 Å². The Hall–Kier alpha value is -2.18. The fourth-order valence-electron chi connectivity index (χ4n) is 3.49. The summed E-state index contributed by atoms with van der Waals surface area (Å²) in [6, 6.07) is 7.84. The average molecular weight is 350 g/mol. The molecule has 1 fully saturated rings. The van der Waals surface area contributed by atoms with Crippen molar-refractivity contribution in [3.8, 4) is 0 Å². The highest BCUT2D eigenvalue weighted by Crippen LogP contribution is 2.37. The molecule has 5 nitrogen and oxygen atoms in total. The van der Waals surface area contributed by atoms with Gasteiger partial charge in [0.1, 0.15) is 0 Å². The van der Waals surface area contributed by atoms with Crippen LogP contribution in [0.25, 0.3) is 0 Å². The molecule has 0 atom stereocenters. The third-order valence-electron chi connectivity index (χ3n) is 5.86. The fraction of sp³-hybridized carbons (Fsp3) is 0.400. The summed E-state index contributed by atoms with van der Waals surface area (Å²) in [4.78, 5) is 18.7. The van der Waals surface area contributed by atoms with E-state index in [2.05, 4.69) is 4.98 Å². The van der Waals surface area contributed by atoms with E-state index in [1.165, 1.54) is 0 Å². The van der Waals surface area contributed by atoms with E-state index in [9.17, 15) is 4.79 Å². The predicted octanol–water partition coefficient (Wildman–Crippen LogP) is 2.85. The van der Waals surface area contributed by atoms with Crippen LogP contribution in [-0.4, -0.2) is 29.2 Å². The molecule has 134 valence electrons. The van der Waals surface area contributed by atoms with Gasteiger partial charge in [-0.3, -0.25) is 9.78 Å². The summed E-state index contributed by atoms with van der Waals surface area (Å²) >= 11 is 0. The number of hydrogen-bond acceptors (Lipinski definition) is 4. The topological polar surface area (TPSA) is 51.7 Å². The lowest BCUT2D eigenvalue weighted by atomic mass is 9.75. The minimum absolute atomic E-state index is 0.0118. The van der Waals surface area contributed by atoms with Crippen molar-refractivity contribution < 1.29 is 14.1 Å². The summed E-state index contributed by atoms with van der Waals surface area (Å²) in [6.45, 7) is 10.7. The van der Waals surface area contributed by atoms with Gasteiger partial charge < -0.3 is 14.2 Å². The summed E-state index contributed by atoms with van der Waals surface area (Å²) in [5.41, 5.74) is 3.73. The van der Waals surface area contributed by atoms with Gasteiger partial charge in [0.25, 0.3) is 5.91 Å². The van der Waals surface area contributed by atoms with Gasteiger partial charge in [0.2, 0.25) is 0 Å². The number of anilines is 1. The number of aromatic nitrogens is 1. The second-order valence-corrected chi connectivity index (χ2v) is 8.00. The highest BCUT2D eigenvalue weighted by atomic mass is 16.7. The standard InChI is InChI=1S/C20H23BN2O3/c1-13-16(21-25-19(2,3)20(4,5)26-21)7-6-8-17(13)23-12-14-9-10-22-11-15(14)18(23)24/h6-11H,12H2,1-5H3. The number of fused-ring (bicyclic) bond motifs is 1. The maximum absolute atomic E-state index is 12.8. The lowest BCUT2D eigenvalue weighted by molar-refractivity contribution is 0.00578. The lowest BCUT2D eigenvalue weighted by Crippen LogP contribution is -2.41. The van der Waals surface area contributed by atoms with Crippen LogP contribution >= 0.6 is 0 Å². The molecule has 0 radical (unpaired) electrons. The minimum Gasteiger partial charge on any atom is -0.399 e. The van der Waals surface area contributed by atoms with Crippen LogP contribution in [0.3, 0.4) is 0 Å². The van der Waals surface area contributed by atoms with Crippen LogP contribution in [0.2, 0.25) is 0 Å². The van der Waals surface area contributed by atoms with E-state index in [0.29, 0.717) is 12.1 Å². The van der Waals surface area contributed by atoms with Gasteiger partial charge in [0.15, 0.2) is 0 Å². The first-order valence-corrected chi connectivity index (χ1v) is 8.91. The third-order valence-corrected chi connectivity index (χ3v) is 5.86. The molecule has 2 aliphatic heterocycles. The van der Waals surface area contributed by atoms with Gasteiger partial charge in [0.05, 0.1) is 23.3 Å². The summed E-state index contributed by atoms with van der Waals surface area (Å²) in [5, 5.41) is 0. The molecule has 0 aliphatic carbocycles. The number of hydrogen-bond donors (Lipinski definition) is 0. The van der Waals surface area contributed by atoms with Gasteiger partial charge in [-0.1, -0.05) is 12.1 Å². The van der Waals surface area contributed by atoms with Crippen LogP contribution in [0.1, 0.15) is 49.2 Å². The number of carbonyl (C=O) groups is 1. The van der Waals surface area contributed by atoms with Crippen molar-refractivity contribution in [3.05, 3.63) is 53.3 Å².